The summed E-state index contributed by atoms with van der Waals surface area (Å²) >= 11 is 0. The monoisotopic (exact) mass is 376 g/mol. The van der Waals surface area contributed by atoms with Crippen LogP contribution in [-0.2, 0) is 24.1 Å². The Morgan fingerprint density at radius 3 is 2.39 bits per heavy atom. The van der Waals surface area contributed by atoms with E-state index in [1.807, 2.05) is 6.07 Å². The van der Waals surface area contributed by atoms with Crippen molar-refractivity contribution in [3.63, 3.8) is 0 Å². The van der Waals surface area contributed by atoms with Crippen molar-refractivity contribution < 1.29 is 9.21 Å². The molecule has 0 spiro atoms. The van der Waals surface area contributed by atoms with Gasteiger partial charge in [-0.05, 0) is 55.0 Å². The zero-order valence-corrected chi connectivity index (χ0v) is 17.1. The van der Waals surface area contributed by atoms with E-state index in [2.05, 4.69) is 68.3 Å². The number of carbonyl (C=O) groups excluding carboxylic acids is 1. The Hall–Kier alpha value is -2.88. The number of hydrogen-bond donors (Lipinski definition) is 1. The number of para-hydroxylation sites is 1. The topological polar surface area (TPSA) is 55.1 Å². The van der Waals surface area contributed by atoms with E-state index in [4.69, 9.17) is 4.42 Å². The number of nitrogens with zero attached hydrogens (tertiary/aromatic N) is 1. The zero-order valence-electron chi connectivity index (χ0n) is 17.1. The summed E-state index contributed by atoms with van der Waals surface area (Å²) in [5.41, 5.74) is 6.77. The number of aryl methyl sites for hydroxylation is 5. The van der Waals surface area contributed by atoms with Gasteiger partial charge < -0.3 is 9.73 Å². The second kappa shape index (κ2) is 8.87. The molecule has 0 unspecified atom stereocenters. The van der Waals surface area contributed by atoms with Gasteiger partial charge >= 0.3 is 0 Å². The summed E-state index contributed by atoms with van der Waals surface area (Å²) in [6.45, 7) is 8.38. The largest absolute Gasteiger partial charge is 0.441 e. The van der Waals surface area contributed by atoms with Crippen molar-refractivity contribution in [2.24, 2.45) is 0 Å². The summed E-state index contributed by atoms with van der Waals surface area (Å²) in [6, 6.07) is 12.4. The average molecular weight is 377 g/mol. The van der Waals surface area contributed by atoms with Crippen molar-refractivity contribution in [2.75, 3.05) is 5.32 Å². The van der Waals surface area contributed by atoms with Gasteiger partial charge in [0.25, 0.3) is 0 Å². The Morgan fingerprint density at radius 1 is 1.04 bits per heavy atom. The highest BCUT2D eigenvalue weighted by molar-refractivity contribution is 5.92. The molecule has 0 radical (unpaired) electrons. The number of oxazole rings is 1. The van der Waals surface area contributed by atoms with Gasteiger partial charge in [-0.25, -0.2) is 4.98 Å². The van der Waals surface area contributed by atoms with Crippen LogP contribution >= 0.6 is 0 Å². The van der Waals surface area contributed by atoms with Crippen molar-refractivity contribution >= 4 is 11.6 Å². The minimum Gasteiger partial charge on any atom is -0.441 e. The van der Waals surface area contributed by atoms with Crippen molar-refractivity contribution in [3.8, 4) is 11.3 Å². The Balaban J connectivity index is 1.64. The molecule has 146 valence electrons. The van der Waals surface area contributed by atoms with Crippen LogP contribution in [0.4, 0.5) is 5.69 Å². The number of amides is 1. The molecule has 0 atom stereocenters. The summed E-state index contributed by atoms with van der Waals surface area (Å²) < 4.78 is 5.86. The lowest BCUT2D eigenvalue weighted by molar-refractivity contribution is -0.116. The second-order valence-electron chi connectivity index (χ2n) is 7.12. The minimum absolute atomic E-state index is 0.0125. The smallest absolute Gasteiger partial charge is 0.224 e. The maximum absolute atomic E-state index is 12.5. The van der Waals surface area contributed by atoms with Gasteiger partial charge in [-0.2, -0.15) is 0 Å². The molecule has 0 bridgehead atoms. The van der Waals surface area contributed by atoms with Crippen LogP contribution in [0.3, 0.4) is 0 Å². The predicted octanol–water partition coefficient (Wildman–Crippen LogP) is 5.65. The first-order valence-corrected chi connectivity index (χ1v) is 9.94. The number of anilines is 1. The summed E-state index contributed by atoms with van der Waals surface area (Å²) in [4.78, 5) is 16.8. The first kappa shape index (κ1) is 19.9. The SMILES string of the molecule is CCc1cccc(CC)c1NC(=O)CCc1ncc(-c2ccc(C)c(C)c2)o1. The van der Waals surface area contributed by atoms with Gasteiger partial charge in [-0.1, -0.05) is 44.2 Å². The first-order chi connectivity index (χ1) is 13.5. The van der Waals surface area contributed by atoms with Gasteiger partial charge in [-0.3, -0.25) is 4.79 Å². The van der Waals surface area contributed by atoms with Crippen LogP contribution in [0, 0.1) is 13.8 Å². The molecule has 0 fully saturated rings. The van der Waals surface area contributed by atoms with Gasteiger partial charge in [0.1, 0.15) is 0 Å². The maximum atomic E-state index is 12.5. The lowest BCUT2D eigenvalue weighted by Gasteiger charge is -2.14. The molecule has 0 saturated carbocycles. The molecule has 28 heavy (non-hydrogen) atoms. The molecule has 4 heteroatoms. The highest BCUT2D eigenvalue weighted by atomic mass is 16.4. The predicted molar refractivity (Wildman–Crippen MR) is 114 cm³/mol. The standard InChI is InChI=1S/C24H28N2O2/c1-5-18-8-7-9-19(6-2)24(18)26-22(27)12-13-23-25-15-21(28-23)20-11-10-16(3)17(4)14-20/h7-11,14-15H,5-6,12-13H2,1-4H3,(H,26,27). The zero-order chi connectivity index (χ0) is 20.1. The number of hydrogen-bond acceptors (Lipinski definition) is 3. The Bertz CT molecular complexity index is 950. The number of benzene rings is 2. The van der Waals surface area contributed by atoms with Crippen LogP contribution in [-0.4, -0.2) is 10.9 Å². The highest BCUT2D eigenvalue weighted by Crippen LogP contribution is 2.25. The molecule has 0 saturated heterocycles. The van der Waals surface area contributed by atoms with E-state index < -0.39 is 0 Å². The number of rotatable bonds is 7. The molecule has 4 nitrogen and oxygen atoms in total. The van der Waals surface area contributed by atoms with Gasteiger partial charge in [0, 0.05) is 24.1 Å². The molecule has 2 aromatic carbocycles. The van der Waals surface area contributed by atoms with Gasteiger partial charge in [-0.15, -0.1) is 0 Å². The fraction of sp³-hybridized carbons (Fsp3) is 0.333. The molecular weight excluding hydrogens is 348 g/mol. The van der Waals surface area contributed by atoms with Crippen LogP contribution < -0.4 is 5.32 Å². The molecule has 1 amide bonds. The molecule has 0 aliphatic heterocycles. The van der Waals surface area contributed by atoms with Crippen molar-refractivity contribution in [2.45, 2.75) is 53.4 Å². The van der Waals surface area contributed by atoms with E-state index >= 15 is 0 Å². The summed E-state index contributed by atoms with van der Waals surface area (Å²) in [7, 11) is 0. The lowest BCUT2D eigenvalue weighted by atomic mass is 10.0. The fourth-order valence-electron chi connectivity index (χ4n) is 3.28. The van der Waals surface area contributed by atoms with Crippen LogP contribution in [0.1, 0.15) is 48.4 Å². The fourth-order valence-corrected chi connectivity index (χ4v) is 3.28. The summed E-state index contributed by atoms with van der Waals surface area (Å²) in [5.74, 6) is 1.31. The average Bonchev–Trinajstić information content (AvgIpc) is 3.17. The quantitative estimate of drug-likeness (QED) is 0.579. The van der Waals surface area contributed by atoms with E-state index in [0.29, 0.717) is 18.7 Å². The van der Waals surface area contributed by atoms with Crippen LogP contribution in [0.25, 0.3) is 11.3 Å². The van der Waals surface area contributed by atoms with Crippen LogP contribution in [0.2, 0.25) is 0 Å². The Labute approximate surface area is 167 Å². The normalized spacial score (nSPS) is 10.9. The molecule has 0 aliphatic carbocycles. The lowest BCUT2D eigenvalue weighted by Crippen LogP contribution is -2.15. The highest BCUT2D eigenvalue weighted by Gasteiger charge is 2.12. The van der Waals surface area contributed by atoms with Gasteiger partial charge in [0.05, 0.1) is 6.20 Å². The van der Waals surface area contributed by atoms with E-state index in [-0.39, 0.29) is 5.91 Å². The Morgan fingerprint density at radius 2 is 1.75 bits per heavy atom. The van der Waals surface area contributed by atoms with Crippen molar-refractivity contribution in [3.05, 3.63) is 70.7 Å². The third kappa shape index (κ3) is 4.50. The Kier molecular flexibility index (Phi) is 6.30. The molecule has 3 rings (SSSR count). The van der Waals surface area contributed by atoms with Gasteiger partial charge in [0.15, 0.2) is 11.7 Å². The third-order valence-electron chi connectivity index (χ3n) is 5.17. The molecule has 3 aromatic rings. The summed E-state index contributed by atoms with van der Waals surface area (Å²) in [5, 5.41) is 3.10. The molecular formula is C24H28N2O2. The first-order valence-electron chi connectivity index (χ1n) is 9.94. The maximum Gasteiger partial charge on any atom is 0.224 e. The second-order valence-corrected chi connectivity index (χ2v) is 7.12. The molecule has 1 aromatic heterocycles. The van der Waals surface area contributed by atoms with Crippen LogP contribution in [0.5, 0.6) is 0 Å². The van der Waals surface area contributed by atoms with E-state index in [9.17, 15) is 4.79 Å². The number of aromatic nitrogens is 1. The number of carbonyl (C=O) groups is 1. The van der Waals surface area contributed by atoms with E-state index in [1.165, 1.54) is 22.3 Å². The molecule has 0 aliphatic rings. The minimum atomic E-state index is -0.0125. The van der Waals surface area contributed by atoms with Crippen LogP contribution in [0.15, 0.2) is 47.0 Å². The number of nitrogens with one attached hydrogen (secondary N) is 1. The van der Waals surface area contributed by atoms with Gasteiger partial charge in [0.2, 0.25) is 5.91 Å². The van der Waals surface area contributed by atoms with Crippen molar-refractivity contribution in [1.29, 1.82) is 0 Å². The third-order valence-corrected chi connectivity index (χ3v) is 5.17. The molecule has 1 N–H and O–H groups in total. The van der Waals surface area contributed by atoms with E-state index in [0.717, 1.165) is 29.9 Å². The van der Waals surface area contributed by atoms with Crippen molar-refractivity contribution in [1.82, 2.24) is 4.98 Å². The van der Waals surface area contributed by atoms with E-state index in [1.54, 1.807) is 6.20 Å². The summed E-state index contributed by atoms with van der Waals surface area (Å²) in [6.07, 6.45) is 4.34. The molecule has 1 heterocycles.